The minimum atomic E-state index is 0.238. The van der Waals surface area contributed by atoms with E-state index in [0.717, 1.165) is 12.8 Å². The molecule has 0 aliphatic heterocycles. The highest BCUT2D eigenvalue weighted by molar-refractivity contribution is 4.92. The van der Waals surface area contributed by atoms with Crippen molar-refractivity contribution >= 4 is 0 Å². The van der Waals surface area contributed by atoms with Crippen LogP contribution in [-0.4, -0.2) is 0 Å². The molecule has 0 aromatic heterocycles. The van der Waals surface area contributed by atoms with Crippen LogP contribution < -0.4 is 0 Å². The van der Waals surface area contributed by atoms with Crippen molar-refractivity contribution in [3.63, 3.8) is 0 Å². The van der Waals surface area contributed by atoms with Gasteiger partial charge >= 0.3 is 0 Å². The molecule has 92 valence electrons. The van der Waals surface area contributed by atoms with Gasteiger partial charge in [-0.25, -0.2) is 0 Å². The second kappa shape index (κ2) is 8.15. The number of hydrogen-bond donors (Lipinski definition) is 0. The molecule has 0 aliphatic rings. The predicted molar refractivity (Wildman–Crippen MR) is 77.6 cm³/mol. The maximum absolute atomic E-state index is 3.70. The Morgan fingerprint density at radius 3 is 1.00 bits per heavy atom. The zero-order valence-electron chi connectivity index (χ0n) is 11.6. The molecule has 0 N–H and O–H groups in total. The summed E-state index contributed by atoms with van der Waals surface area (Å²) in [5.41, 5.74) is 0.476. The summed E-state index contributed by atoms with van der Waals surface area (Å²) in [7, 11) is 0. The van der Waals surface area contributed by atoms with Crippen molar-refractivity contribution in [2.24, 2.45) is 10.8 Å². The van der Waals surface area contributed by atoms with Crippen LogP contribution in [0.3, 0.4) is 0 Å². The molecule has 0 saturated heterocycles. The number of rotatable bonds is 6. The fourth-order valence-electron chi connectivity index (χ4n) is 0.911. The zero-order chi connectivity index (χ0) is 13.2. The van der Waals surface area contributed by atoms with Gasteiger partial charge in [-0.3, -0.25) is 0 Å². The van der Waals surface area contributed by atoms with Crippen LogP contribution in [-0.2, 0) is 0 Å². The van der Waals surface area contributed by atoms with E-state index in [2.05, 4.69) is 54.0 Å². The normalized spacial score (nSPS) is 10.8. The molecule has 0 aromatic carbocycles. The first-order valence-corrected chi connectivity index (χ1v) is 5.73. The Labute approximate surface area is 102 Å². The third kappa shape index (κ3) is 11.0. The summed E-state index contributed by atoms with van der Waals surface area (Å²) < 4.78 is 0. The highest BCUT2D eigenvalue weighted by Crippen LogP contribution is 2.21. The van der Waals surface area contributed by atoms with Gasteiger partial charge in [0, 0.05) is 0 Å². The van der Waals surface area contributed by atoms with Crippen LogP contribution in [0.15, 0.2) is 50.6 Å². The number of allylic oxidation sites excluding steroid dienone is 4. The molecule has 0 atom stereocenters. The van der Waals surface area contributed by atoms with Crippen molar-refractivity contribution in [3.05, 3.63) is 50.6 Å². The van der Waals surface area contributed by atoms with Crippen LogP contribution in [0.25, 0.3) is 0 Å². The molecule has 0 heteroatoms. The lowest BCUT2D eigenvalue weighted by Crippen LogP contribution is -2.03. The summed E-state index contributed by atoms with van der Waals surface area (Å²) in [6.07, 6.45) is 9.76. The Balaban J connectivity index is 0. The molecule has 0 rings (SSSR count). The monoisotopic (exact) mass is 220 g/mol. The molecule has 0 radical (unpaired) electrons. The first-order valence-electron chi connectivity index (χ1n) is 5.73. The summed E-state index contributed by atoms with van der Waals surface area (Å²) in [4.78, 5) is 0. The van der Waals surface area contributed by atoms with Crippen molar-refractivity contribution in [3.8, 4) is 0 Å². The molecule has 0 spiro atoms. The van der Waals surface area contributed by atoms with Gasteiger partial charge in [0.1, 0.15) is 0 Å². The summed E-state index contributed by atoms with van der Waals surface area (Å²) in [6, 6.07) is 0. The van der Waals surface area contributed by atoms with Crippen molar-refractivity contribution in [2.45, 2.75) is 40.5 Å². The van der Waals surface area contributed by atoms with Gasteiger partial charge in [0.15, 0.2) is 0 Å². The second-order valence-corrected chi connectivity index (χ2v) is 5.37. The summed E-state index contributed by atoms with van der Waals surface area (Å²) in [5.74, 6) is 0. The molecule has 0 heterocycles. The highest BCUT2D eigenvalue weighted by Gasteiger charge is 2.08. The van der Waals surface area contributed by atoms with Crippen LogP contribution >= 0.6 is 0 Å². The summed E-state index contributed by atoms with van der Waals surface area (Å²) in [6.45, 7) is 23.3. The van der Waals surface area contributed by atoms with Gasteiger partial charge in [0.2, 0.25) is 0 Å². The molecule has 0 fully saturated rings. The minimum absolute atomic E-state index is 0.238. The quantitative estimate of drug-likeness (QED) is 0.515. The minimum Gasteiger partial charge on any atom is -0.103 e. The Bertz CT molecular complexity index is 202. The largest absolute Gasteiger partial charge is 0.103 e. The molecule has 16 heavy (non-hydrogen) atoms. The van der Waals surface area contributed by atoms with Crippen LogP contribution in [0.5, 0.6) is 0 Å². The fraction of sp³-hybridized carbons (Fsp3) is 0.500. The van der Waals surface area contributed by atoms with Crippen LogP contribution in [0.1, 0.15) is 40.5 Å². The van der Waals surface area contributed by atoms with Gasteiger partial charge in [-0.05, 0) is 23.7 Å². The maximum atomic E-state index is 3.70. The first-order chi connectivity index (χ1) is 7.24. The van der Waals surface area contributed by atoms with Crippen LogP contribution in [0, 0.1) is 10.8 Å². The lowest BCUT2D eigenvalue weighted by molar-refractivity contribution is 0.490. The Hall–Kier alpha value is -1.04. The Morgan fingerprint density at radius 2 is 0.938 bits per heavy atom. The van der Waals surface area contributed by atoms with E-state index in [1.54, 1.807) is 0 Å². The van der Waals surface area contributed by atoms with E-state index in [4.69, 9.17) is 0 Å². The average molecular weight is 220 g/mol. The van der Waals surface area contributed by atoms with E-state index in [9.17, 15) is 0 Å². The highest BCUT2D eigenvalue weighted by atomic mass is 14.1. The smallest absolute Gasteiger partial charge is 0.0143 e. The molecule has 0 aromatic rings. The molecular formula is C16H28. The van der Waals surface area contributed by atoms with Gasteiger partial charge in [-0.15, -0.1) is 26.3 Å². The fourth-order valence-corrected chi connectivity index (χ4v) is 0.911. The van der Waals surface area contributed by atoms with E-state index >= 15 is 0 Å². The van der Waals surface area contributed by atoms with Gasteiger partial charge in [0.25, 0.3) is 0 Å². The third-order valence-electron chi connectivity index (χ3n) is 2.45. The van der Waals surface area contributed by atoms with E-state index in [1.165, 1.54) is 0 Å². The van der Waals surface area contributed by atoms with E-state index in [1.807, 2.05) is 24.3 Å². The standard InChI is InChI=1S/2C8H14/c2*1-5-7-8(3,4)6-2/h2*5-6H,1-2,7H2,3-4H3. The predicted octanol–water partition coefficient (Wildman–Crippen LogP) is 5.55. The van der Waals surface area contributed by atoms with Crippen LogP contribution in [0.2, 0.25) is 0 Å². The molecule has 0 saturated carbocycles. The number of hydrogen-bond acceptors (Lipinski definition) is 0. The summed E-state index contributed by atoms with van der Waals surface area (Å²) >= 11 is 0. The molecular weight excluding hydrogens is 192 g/mol. The zero-order valence-corrected chi connectivity index (χ0v) is 11.6. The van der Waals surface area contributed by atoms with E-state index in [0.29, 0.717) is 0 Å². The first kappa shape index (κ1) is 17.4. The van der Waals surface area contributed by atoms with Gasteiger partial charge in [0.05, 0.1) is 0 Å². The van der Waals surface area contributed by atoms with E-state index in [-0.39, 0.29) is 10.8 Å². The van der Waals surface area contributed by atoms with Crippen molar-refractivity contribution in [1.82, 2.24) is 0 Å². The Kier molecular flexibility index (Phi) is 8.84. The maximum Gasteiger partial charge on any atom is -0.0143 e. The van der Waals surface area contributed by atoms with Gasteiger partial charge in [-0.1, -0.05) is 52.0 Å². The SMILES string of the molecule is C=CCC(C)(C)C=C.C=CCC(C)(C)C=C. The molecule has 0 unspecified atom stereocenters. The average Bonchev–Trinajstić information content (AvgIpc) is 2.19. The van der Waals surface area contributed by atoms with Crippen LogP contribution in [0.4, 0.5) is 0 Å². The van der Waals surface area contributed by atoms with Gasteiger partial charge in [-0.2, -0.15) is 0 Å². The molecule has 0 amide bonds. The Morgan fingerprint density at radius 1 is 0.688 bits per heavy atom. The van der Waals surface area contributed by atoms with Crippen molar-refractivity contribution < 1.29 is 0 Å². The second-order valence-electron chi connectivity index (χ2n) is 5.37. The molecule has 0 aliphatic carbocycles. The summed E-state index contributed by atoms with van der Waals surface area (Å²) in [5, 5.41) is 0. The van der Waals surface area contributed by atoms with Crippen molar-refractivity contribution in [1.29, 1.82) is 0 Å². The topological polar surface area (TPSA) is 0 Å². The lowest BCUT2D eigenvalue weighted by Gasteiger charge is -2.15. The van der Waals surface area contributed by atoms with Crippen molar-refractivity contribution in [2.75, 3.05) is 0 Å². The lowest BCUT2D eigenvalue weighted by atomic mass is 9.90. The molecule has 0 bridgehead atoms. The molecule has 0 nitrogen and oxygen atoms in total. The third-order valence-corrected chi connectivity index (χ3v) is 2.45. The van der Waals surface area contributed by atoms with Gasteiger partial charge < -0.3 is 0 Å². The van der Waals surface area contributed by atoms with E-state index < -0.39 is 0 Å².